The topological polar surface area (TPSA) is 20.2 Å². The van der Waals surface area contributed by atoms with Crippen LogP contribution >= 0.6 is 0 Å². The molecule has 15 heavy (non-hydrogen) atoms. The van der Waals surface area contributed by atoms with Crippen molar-refractivity contribution in [3.05, 3.63) is 0 Å². The van der Waals surface area contributed by atoms with Gasteiger partial charge in [0.2, 0.25) is 0 Å². The van der Waals surface area contributed by atoms with Gasteiger partial charge in [-0.2, -0.15) is 0 Å². The molecule has 2 rings (SSSR count). The van der Waals surface area contributed by atoms with Gasteiger partial charge in [0.1, 0.15) is 0 Å². The van der Waals surface area contributed by atoms with Gasteiger partial charge in [-0.3, -0.25) is 0 Å². The molecule has 1 heteroatoms. The first-order chi connectivity index (χ1) is 7.21. The lowest BCUT2D eigenvalue weighted by Crippen LogP contribution is -2.39. The molecule has 0 radical (unpaired) electrons. The molecule has 0 bridgehead atoms. The van der Waals surface area contributed by atoms with Gasteiger partial charge in [-0.1, -0.05) is 45.4 Å². The molecule has 0 saturated heterocycles. The highest BCUT2D eigenvalue weighted by Crippen LogP contribution is 2.42. The molecule has 0 aromatic heterocycles. The lowest BCUT2D eigenvalue weighted by atomic mass is 9.70. The summed E-state index contributed by atoms with van der Waals surface area (Å²) in [5.41, 5.74) is -0.287. The summed E-state index contributed by atoms with van der Waals surface area (Å²) in [4.78, 5) is 0. The fourth-order valence-electron chi connectivity index (χ4n) is 3.67. The first-order valence-electron chi connectivity index (χ1n) is 6.93. The Balaban J connectivity index is 1.98. The fourth-order valence-corrected chi connectivity index (χ4v) is 3.67. The fraction of sp³-hybridized carbons (Fsp3) is 1.00. The van der Waals surface area contributed by atoms with E-state index in [1.807, 2.05) is 0 Å². The highest BCUT2D eigenvalue weighted by atomic mass is 16.3. The molecule has 2 aliphatic carbocycles. The lowest BCUT2D eigenvalue weighted by molar-refractivity contribution is -0.0518. The van der Waals surface area contributed by atoms with Gasteiger partial charge in [0.05, 0.1) is 5.60 Å². The van der Waals surface area contributed by atoms with E-state index in [2.05, 4.69) is 6.92 Å². The van der Waals surface area contributed by atoms with Crippen molar-refractivity contribution in [1.82, 2.24) is 0 Å². The van der Waals surface area contributed by atoms with E-state index in [4.69, 9.17) is 0 Å². The maximum absolute atomic E-state index is 10.8. The molecule has 1 N–H and O–H groups in total. The molecule has 0 amide bonds. The van der Waals surface area contributed by atoms with E-state index in [0.29, 0.717) is 5.92 Å². The van der Waals surface area contributed by atoms with E-state index in [1.54, 1.807) is 0 Å². The monoisotopic (exact) mass is 210 g/mol. The molecular weight excluding hydrogens is 184 g/mol. The molecule has 2 saturated carbocycles. The molecular formula is C14H26O. The highest BCUT2D eigenvalue weighted by molar-refractivity contribution is 4.90. The van der Waals surface area contributed by atoms with Crippen LogP contribution in [0.5, 0.6) is 0 Å². The predicted molar refractivity (Wildman–Crippen MR) is 63.8 cm³/mol. The summed E-state index contributed by atoms with van der Waals surface area (Å²) < 4.78 is 0. The van der Waals surface area contributed by atoms with Crippen molar-refractivity contribution >= 4 is 0 Å². The molecule has 0 heterocycles. The molecule has 0 aromatic carbocycles. The van der Waals surface area contributed by atoms with Crippen LogP contribution in [0.2, 0.25) is 0 Å². The Hall–Kier alpha value is -0.0400. The summed E-state index contributed by atoms with van der Waals surface area (Å²) in [6, 6.07) is 0. The predicted octanol–water partition coefficient (Wildman–Crippen LogP) is 3.90. The van der Waals surface area contributed by atoms with Crippen molar-refractivity contribution in [3.63, 3.8) is 0 Å². The van der Waals surface area contributed by atoms with Crippen LogP contribution in [0.4, 0.5) is 0 Å². The molecule has 2 fully saturated rings. The van der Waals surface area contributed by atoms with Crippen molar-refractivity contribution in [2.24, 2.45) is 11.8 Å². The van der Waals surface area contributed by atoms with Crippen LogP contribution in [0.3, 0.4) is 0 Å². The SMILES string of the molecule is CC1CCCC(C2(O)CCCCCC2)C1. The third-order valence-corrected chi connectivity index (χ3v) is 4.67. The van der Waals surface area contributed by atoms with Gasteiger partial charge in [-0.25, -0.2) is 0 Å². The Labute approximate surface area is 94.3 Å². The zero-order chi connectivity index (χ0) is 10.7. The van der Waals surface area contributed by atoms with E-state index in [0.717, 1.165) is 18.8 Å². The Morgan fingerprint density at radius 2 is 1.60 bits per heavy atom. The van der Waals surface area contributed by atoms with Crippen LogP contribution in [0, 0.1) is 11.8 Å². The zero-order valence-corrected chi connectivity index (χ0v) is 10.2. The third-order valence-electron chi connectivity index (χ3n) is 4.67. The highest BCUT2D eigenvalue weighted by Gasteiger charge is 2.38. The molecule has 1 nitrogen and oxygen atoms in total. The van der Waals surface area contributed by atoms with Crippen molar-refractivity contribution < 1.29 is 5.11 Å². The minimum absolute atomic E-state index is 0.287. The summed E-state index contributed by atoms with van der Waals surface area (Å²) in [6.07, 6.45) is 12.6. The summed E-state index contributed by atoms with van der Waals surface area (Å²) >= 11 is 0. The van der Waals surface area contributed by atoms with E-state index in [9.17, 15) is 5.11 Å². The zero-order valence-electron chi connectivity index (χ0n) is 10.2. The van der Waals surface area contributed by atoms with Crippen molar-refractivity contribution in [3.8, 4) is 0 Å². The molecule has 2 aliphatic rings. The first-order valence-corrected chi connectivity index (χ1v) is 6.93. The van der Waals surface area contributed by atoms with Crippen molar-refractivity contribution in [2.75, 3.05) is 0 Å². The van der Waals surface area contributed by atoms with Gasteiger partial charge in [-0.15, -0.1) is 0 Å². The van der Waals surface area contributed by atoms with E-state index < -0.39 is 0 Å². The Bertz CT molecular complexity index is 192. The van der Waals surface area contributed by atoms with Gasteiger partial charge in [0.15, 0.2) is 0 Å². The quantitative estimate of drug-likeness (QED) is 0.651. The van der Waals surface area contributed by atoms with Crippen LogP contribution in [-0.4, -0.2) is 10.7 Å². The Kier molecular flexibility index (Phi) is 3.71. The second-order valence-electron chi connectivity index (χ2n) is 5.99. The van der Waals surface area contributed by atoms with Crippen LogP contribution in [0.15, 0.2) is 0 Å². The number of hydrogen-bond donors (Lipinski definition) is 1. The Morgan fingerprint density at radius 1 is 0.933 bits per heavy atom. The molecule has 2 atom stereocenters. The number of rotatable bonds is 1. The van der Waals surface area contributed by atoms with E-state index >= 15 is 0 Å². The summed E-state index contributed by atoms with van der Waals surface area (Å²) in [6.45, 7) is 2.35. The van der Waals surface area contributed by atoms with E-state index in [-0.39, 0.29) is 5.60 Å². The maximum atomic E-state index is 10.8. The number of aliphatic hydroxyl groups is 1. The van der Waals surface area contributed by atoms with Crippen LogP contribution in [-0.2, 0) is 0 Å². The maximum Gasteiger partial charge on any atom is 0.0675 e. The molecule has 0 aromatic rings. The normalized spacial score (nSPS) is 37.2. The lowest BCUT2D eigenvalue weighted by Gasteiger charge is -2.40. The van der Waals surface area contributed by atoms with Crippen molar-refractivity contribution in [2.45, 2.75) is 76.7 Å². The van der Waals surface area contributed by atoms with Gasteiger partial charge >= 0.3 is 0 Å². The van der Waals surface area contributed by atoms with E-state index in [1.165, 1.54) is 51.4 Å². The largest absolute Gasteiger partial charge is 0.390 e. The summed E-state index contributed by atoms with van der Waals surface area (Å²) in [5, 5.41) is 10.8. The van der Waals surface area contributed by atoms with Crippen LogP contribution in [0.1, 0.15) is 71.1 Å². The molecule has 88 valence electrons. The smallest absolute Gasteiger partial charge is 0.0675 e. The van der Waals surface area contributed by atoms with Gasteiger partial charge in [-0.05, 0) is 37.5 Å². The van der Waals surface area contributed by atoms with Gasteiger partial charge in [0, 0.05) is 0 Å². The minimum Gasteiger partial charge on any atom is -0.390 e. The second-order valence-corrected chi connectivity index (χ2v) is 5.99. The average Bonchev–Trinajstić information content (AvgIpc) is 2.44. The minimum atomic E-state index is -0.287. The summed E-state index contributed by atoms with van der Waals surface area (Å²) in [7, 11) is 0. The molecule has 0 aliphatic heterocycles. The second kappa shape index (κ2) is 4.86. The molecule has 0 spiro atoms. The molecule has 2 unspecified atom stereocenters. The first kappa shape index (κ1) is 11.4. The van der Waals surface area contributed by atoms with Gasteiger partial charge < -0.3 is 5.11 Å². The van der Waals surface area contributed by atoms with Crippen LogP contribution in [0.25, 0.3) is 0 Å². The summed E-state index contributed by atoms with van der Waals surface area (Å²) in [5.74, 6) is 1.45. The van der Waals surface area contributed by atoms with Gasteiger partial charge in [0.25, 0.3) is 0 Å². The third kappa shape index (κ3) is 2.75. The van der Waals surface area contributed by atoms with Crippen molar-refractivity contribution in [1.29, 1.82) is 0 Å². The Morgan fingerprint density at radius 3 is 2.20 bits per heavy atom. The van der Waals surface area contributed by atoms with Crippen LogP contribution < -0.4 is 0 Å². The standard InChI is InChI=1S/C14H26O/c1-12-7-6-8-13(11-12)14(15)9-4-2-3-5-10-14/h12-13,15H,2-11H2,1H3. The number of hydrogen-bond acceptors (Lipinski definition) is 1. The average molecular weight is 210 g/mol.